The molecule has 0 saturated heterocycles. The Balaban J connectivity index is 1.32. The highest BCUT2D eigenvalue weighted by Gasteiger charge is 2.31. The van der Waals surface area contributed by atoms with Gasteiger partial charge in [-0.2, -0.15) is 8.78 Å². The third-order valence-corrected chi connectivity index (χ3v) is 10.7. The van der Waals surface area contributed by atoms with Crippen LogP contribution in [0.3, 0.4) is 0 Å². The van der Waals surface area contributed by atoms with Crippen molar-refractivity contribution in [3.05, 3.63) is 23.8 Å². The smallest absolute Gasteiger partial charge is 0.314 e. The van der Waals surface area contributed by atoms with Crippen molar-refractivity contribution in [1.29, 1.82) is 0 Å². The van der Waals surface area contributed by atoms with Gasteiger partial charge in [-0.15, -0.1) is 0 Å². The Labute approximate surface area is 279 Å². The van der Waals surface area contributed by atoms with Gasteiger partial charge in [0.25, 0.3) is 0 Å². The average molecular weight is 647 g/mol. The van der Waals surface area contributed by atoms with Gasteiger partial charge in [0.15, 0.2) is 11.5 Å². The molecule has 0 aliphatic heterocycles. The summed E-state index contributed by atoms with van der Waals surface area (Å²) in [6.07, 6.45) is 30.2. The fourth-order valence-corrected chi connectivity index (χ4v) is 7.56. The SMILES string of the molecule is CCCCCCCCCCC1CCC(C(=O)Oc2ccc(OC(=O)C3CCC(CCCCCCCCCC)CC3)c(F)c2F)CC1. The van der Waals surface area contributed by atoms with Gasteiger partial charge in [0.05, 0.1) is 11.8 Å². The summed E-state index contributed by atoms with van der Waals surface area (Å²) in [5.41, 5.74) is 0. The largest absolute Gasteiger partial charge is 0.423 e. The number of rotatable bonds is 22. The minimum Gasteiger partial charge on any atom is -0.423 e. The van der Waals surface area contributed by atoms with Crippen LogP contribution in [-0.2, 0) is 9.59 Å². The number of hydrogen-bond acceptors (Lipinski definition) is 4. The molecule has 3 rings (SSSR count). The molecule has 46 heavy (non-hydrogen) atoms. The molecule has 2 fully saturated rings. The topological polar surface area (TPSA) is 52.6 Å². The zero-order chi connectivity index (χ0) is 33.0. The first-order valence-electron chi connectivity index (χ1n) is 19.3. The monoisotopic (exact) mass is 646 g/mol. The molecule has 0 bridgehead atoms. The van der Waals surface area contributed by atoms with Gasteiger partial charge in [0.1, 0.15) is 0 Å². The Kier molecular flexibility index (Phi) is 18.9. The van der Waals surface area contributed by atoms with Gasteiger partial charge >= 0.3 is 11.9 Å². The number of benzene rings is 1. The molecule has 2 saturated carbocycles. The highest BCUT2D eigenvalue weighted by molar-refractivity contribution is 5.76. The van der Waals surface area contributed by atoms with Crippen LogP contribution in [0.4, 0.5) is 8.78 Å². The molecule has 0 spiro atoms. The second-order valence-corrected chi connectivity index (χ2v) is 14.5. The summed E-state index contributed by atoms with van der Waals surface area (Å²) in [4.78, 5) is 25.6. The van der Waals surface area contributed by atoms with E-state index in [2.05, 4.69) is 13.8 Å². The first-order valence-corrected chi connectivity index (χ1v) is 19.3. The molecule has 0 aromatic heterocycles. The normalized spacial score (nSPS) is 21.7. The summed E-state index contributed by atoms with van der Waals surface area (Å²) >= 11 is 0. The molecular weight excluding hydrogens is 582 g/mol. The van der Waals surface area contributed by atoms with Crippen LogP contribution in [0, 0.1) is 35.3 Å². The van der Waals surface area contributed by atoms with Gasteiger partial charge in [0, 0.05) is 0 Å². The number of carbonyl (C=O) groups excluding carboxylic acids is 2. The van der Waals surface area contributed by atoms with Gasteiger partial charge in [-0.1, -0.05) is 129 Å². The number of esters is 2. The first-order chi connectivity index (χ1) is 22.4. The second kappa shape index (κ2) is 22.6. The van der Waals surface area contributed by atoms with Gasteiger partial charge in [-0.25, -0.2) is 0 Å². The van der Waals surface area contributed by atoms with Crippen molar-refractivity contribution < 1.29 is 27.8 Å². The number of unbranched alkanes of at least 4 members (excludes halogenated alkanes) is 14. The van der Waals surface area contributed by atoms with E-state index < -0.39 is 35.1 Å². The molecule has 0 amide bonds. The minimum absolute atomic E-state index is 0.291. The molecule has 0 N–H and O–H groups in total. The minimum atomic E-state index is -1.28. The lowest BCUT2D eigenvalue weighted by atomic mass is 9.79. The van der Waals surface area contributed by atoms with Crippen molar-refractivity contribution in [3.8, 4) is 11.5 Å². The van der Waals surface area contributed by atoms with Gasteiger partial charge in [-0.3, -0.25) is 9.59 Å². The lowest BCUT2D eigenvalue weighted by Crippen LogP contribution is -2.27. The Morgan fingerprint density at radius 3 is 1.15 bits per heavy atom. The van der Waals surface area contributed by atoms with Crippen molar-refractivity contribution in [1.82, 2.24) is 0 Å². The van der Waals surface area contributed by atoms with Gasteiger partial charge in [-0.05, 0) is 75.3 Å². The number of ether oxygens (including phenoxy) is 2. The zero-order valence-corrected chi connectivity index (χ0v) is 29.2. The van der Waals surface area contributed by atoms with E-state index in [4.69, 9.17) is 9.47 Å². The Morgan fingerprint density at radius 2 is 0.826 bits per heavy atom. The van der Waals surface area contributed by atoms with Crippen molar-refractivity contribution in [2.45, 2.75) is 181 Å². The van der Waals surface area contributed by atoms with Crippen LogP contribution in [0.25, 0.3) is 0 Å². The van der Waals surface area contributed by atoms with Gasteiger partial charge < -0.3 is 9.47 Å². The summed E-state index contributed by atoms with van der Waals surface area (Å²) in [6, 6.07) is 2.40. The van der Waals surface area contributed by atoms with E-state index >= 15 is 0 Å². The molecular formula is C40H64F2O4. The standard InChI is InChI=1S/C40H64F2O4/c1-3-5-7-9-11-13-15-17-19-31-21-25-33(26-22-31)39(43)45-35-29-30-36(38(42)37(35)41)46-40(44)34-27-23-32(24-28-34)20-18-16-14-12-10-8-6-4-2/h29-34H,3-28H2,1-2H3. The lowest BCUT2D eigenvalue weighted by Gasteiger charge is -2.27. The van der Waals surface area contributed by atoms with Crippen LogP contribution in [0.2, 0.25) is 0 Å². The third-order valence-electron chi connectivity index (χ3n) is 10.7. The van der Waals surface area contributed by atoms with Crippen molar-refractivity contribution in [2.75, 3.05) is 0 Å². The maximum atomic E-state index is 14.9. The molecule has 2 aliphatic rings. The average Bonchev–Trinajstić information content (AvgIpc) is 3.07. The van der Waals surface area contributed by atoms with Crippen LogP contribution in [0.15, 0.2) is 12.1 Å². The molecule has 0 heterocycles. The fourth-order valence-electron chi connectivity index (χ4n) is 7.56. The molecule has 1 aromatic carbocycles. The Hall–Kier alpha value is -1.98. The summed E-state index contributed by atoms with van der Waals surface area (Å²) in [7, 11) is 0. The van der Waals surface area contributed by atoms with E-state index in [1.54, 1.807) is 0 Å². The van der Waals surface area contributed by atoms with Crippen LogP contribution >= 0.6 is 0 Å². The highest BCUT2D eigenvalue weighted by Crippen LogP contribution is 2.36. The summed E-state index contributed by atoms with van der Waals surface area (Å²) in [5.74, 6) is -3.76. The van der Waals surface area contributed by atoms with E-state index in [1.165, 1.54) is 128 Å². The highest BCUT2D eigenvalue weighted by atomic mass is 19.2. The van der Waals surface area contributed by atoms with Crippen LogP contribution in [-0.4, -0.2) is 11.9 Å². The number of carbonyl (C=O) groups is 2. The van der Waals surface area contributed by atoms with Crippen LogP contribution < -0.4 is 9.47 Å². The van der Waals surface area contributed by atoms with Crippen LogP contribution in [0.1, 0.15) is 181 Å². The van der Waals surface area contributed by atoms with E-state index in [9.17, 15) is 18.4 Å². The third kappa shape index (κ3) is 14.0. The Morgan fingerprint density at radius 1 is 0.522 bits per heavy atom. The number of halogens is 2. The maximum Gasteiger partial charge on any atom is 0.314 e. The lowest BCUT2D eigenvalue weighted by molar-refractivity contribution is -0.141. The molecule has 4 nitrogen and oxygen atoms in total. The molecule has 0 atom stereocenters. The predicted octanol–water partition coefficient (Wildman–Crippen LogP) is 12.4. The van der Waals surface area contributed by atoms with Crippen LogP contribution in [0.5, 0.6) is 11.5 Å². The Bertz CT molecular complexity index is 916. The zero-order valence-electron chi connectivity index (χ0n) is 29.2. The molecule has 0 unspecified atom stereocenters. The maximum absolute atomic E-state index is 14.9. The summed E-state index contributed by atoms with van der Waals surface area (Å²) < 4.78 is 40.4. The molecule has 1 aromatic rings. The van der Waals surface area contributed by atoms with E-state index in [0.29, 0.717) is 11.8 Å². The van der Waals surface area contributed by atoms with E-state index in [1.807, 2.05) is 0 Å². The number of hydrogen-bond donors (Lipinski definition) is 0. The van der Waals surface area contributed by atoms with Crippen molar-refractivity contribution >= 4 is 11.9 Å². The van der Waals surface area contributed by atoms with Crippen molar-refractivity contribution in [2.24, 2.45) is 23.7 Å². The second-order valence-electron chi connectivity index (χ2n) is 14.5. The quantitative estimate of drug-likeness (QED) is 0.0714. The molecule has 2 aliphatic carbocycles. The summed E-state index contributed by atoms with van der Waals surface area (Å²) in [6.45, 7) is 4.49. The summed E-state index contributed by atoms with van der Waals surface area (Å²) in [5, 5.41) is 0. The fraction of sp³-hybridized carbons (Fsp3) is 0.800. The predicted molar refractivity (Wildman–Crippen MR) is 183 cm³/mol. The van der Waals surface area contributed by atoms with E-state index in [0.717, 1.165) is 51.4 Å². The molecule has 0 radical (unpaired) electrons. The van der Waals surface area contributed by atoms with E-state index in [-0.39, 0.29) is 11.8 Å². The van der Waals surface area contributed by atoms with Crippen molar-refractivity contribution in [3.63, 3.8) is 0 Å². The van der Waals surface area contributed by atoms with Gasteiger partial charge in [0.2, 0.25) is 11.6 Å². The first kappa shape index (κ1) is 38.5. The molecule has 262 valence electrons. The molecule has 6 heteroatoms.